The maximum absolute atomic E-state index is 11.6. The second-order valence-corrected chi connectivity index (χ2v) is 4.90. The number of benzene rings is 1. The number of aryl methyl sites for hydroxylation is 4. The Morgan fingerprint density at radius 3 is 2.44 bits per heavy atom. The van der Waals surface area contributed by atoms with Gasteiger partial charge in [0.15, 0.2) is 0 Å². The van der Waals surface area contributed by atoms with Gasteiger partial charge in [-0.25, -0.2) is 0 Å². The van der Waals surface area contributed by atoms with Crippen molar-refractivity contribution in [1.82, 2.24) is 4.98 Å². The molecule has 0 saturated heterocycles. The molecule has 0 unspecified atom stereocenters. The van der Waals surface area contributed by atoms with Crippen LogP contribution in [-0.2, 0) is 0 Å². The van der Waals surface area contributed by atoms with Crippen LogP contribution in [0.2, 0.25) is 0 Å². The molecule has 0 fully saturated rings. The molecular weight excluding hydrogens is 226 g/mol. The van der Waals surface area contributed by atoms with Gasteiger partial charge in [-0.2, -0.15) is 0 Å². The lowest BCUT2D eigenvalue weighted by molar-refractivity contribution is 0.573. The van der Waals surface area contributed by atoms with Crippen LogP contribution in [-0.4, -0.2) is 4.98 Å². The zero-order valence-corrected chi connectivity index (χ0v) is 11.0. The first-order valence-electron chi connectivity index (χ1n) is 6.02. The Morgan fingerprint density at radius 1 is 1.00 bits per heavy atom. The van der Waals surface area contributed by atoms with Crippen LogP contribution in [0.3, 0.4) is 0 Å². The second kappa shape index (κ2) is 3.48. The number of aromatic amines is 1. The van der Waals surface area contributed by atoms with Gasteiger partial charge in [0.1, 0.15) is 11.3 Å². The van der Waals surface area contributed by atoms with Crippen molar-refractivity contribution in [2.24, 2.45) is 0 Å². The molecule has 0 spiro atoms. The Bertz CT molecular complexity index is 837. The minimum atomic E-state index is -0.0672. The fourth-order valence-corrected chi connectivity index (χ4v) is 2.53. The maximum atomic E-state index is 11.6. The number of H-pyrrole nitrogens is 1. The predicted octanol–water partition coefficient (Wildman–Crippen LogP) is 3.51. The van der Waals surface area contributed by atoms with Crippen LogP contribution in [0, 0.1) is 27.7 Å². The summed E-state index contributed by atoms with van der Waals surface area (Å²) in [6.07, 6.45) is 0. The van der Waals surface area contributed by atoms with Gasteiger partial charge in [-0.15, -0.1) is 0 Å². The number of fused-ring (bicyclic) bond motifs is 2. The van der Waals surface area contributed by atoms with Gasteiger partial charge < -0.3 is 9.40 Å². The van der Waals surface area contributed by atoms with Crippen LogP contribution < -0.4 is 5.56 Å². The van der Waals surface area contributed by atoms with Gasteiger partial charge in [0.05, 0.1) is 5.52 Å². The summed E-state index contributed by atoms with van der Waals surface area (Å²) in [4.78, 5) is 14.5. The van der Waals surface area contributed by atoms with Crippen molar-refractivity contribution < 1.29 is 4.42 Å². The van der Waals surface area contributed by atoms with Crippen molar-refractivity contribution in [1.29, 1.82) is 0 Å². The Labute approximate surface area is 104 Å². The summed E-state index contributed by atoms with van der Waals surface area (Å²) in [5.74, 6) is 0.934. The quantitative estimate of drug-likeness (QED) is 0.654. The predicted molar refractivity (Wildman–Crippen MR) is 73.3 cm³/mol. The Morgan fingerprint density at radius 2 is 1.72 bits per heavy atom. The summed E-state index contributed by atoms with van der Waals surface area (Å²) in [5.41, 5.74) is 4.85. The molecule has 0 aliphatic carbocycles. The highest BCUT2D eigenvalue weighted by Gasteiger charge is 2.13. The molecule has 3 rings (SSSR count). The summed E-state index contributed by atoms with van der Waals surface area (Å²) < 4.78 is 5.80. The number of aromatic nitrogens is 1. The normalized spacial score (nSPS) is 11.6. The molecular formula is C15H15NO2. The lowest BCUT2D eigenvalue weighted by Crippen LogP contribution is -2.05. The zero-order chi connectivity index (χ0) is 13.0. The second-order valence-electron chi connectivity index (χ2n) is 4.90. The van der Waals surface area contributed by atoms with E-state index in [0.717, 1.165) is 38.8 Å². The summed E-state index contributed by atoms with van der Waals surface area (Å²) in [6.45, 7) is 7.98. The molecule has 2 aromatic heterocycles. The molecule has 0 bridgehead atoms. The van der Waals surface area contributed by atoms with Gasteiger partial charge in [-0.05, 0) is 44.9 Å². The van der Waals surface area contributed by atoms with Crippen molar-refractivity contribution in [3.63, 3.8) is 0 Å². The highest BCUT2D eigenvalue weighted by atomic mass is 16.3. The SMILES string of the molecule is Cc1oc2c(C)c3[nH]c(=O)cc(C)c3cc2c1C. The zero-order valence-electron chi connectivity index (χ0n) is 11.0. The van der Waals surface area contributed by atoms with E-state index in [0.29, 0.717) is 0 Å². The third-order valence-corrected chi connectivity index (χ3v) is 3.73. The van der Waals surface area contributed by atoms with E-state index in [9.17, 15) is 4.79 Å². The van der Waals surface area contributed by atoms with Crippen LogP contribution >= 0.6 is 0 Å². The smallest absolute Gasteiger partial charge is 0.248 e. The molecule has 3 heteroatoms. The molecule has 3 aromatic rings. The van der Waals surface area contributed by atoms with Crippen LogP contribution in [0.25, 0.3) is 21.9 Å². The fraction of sp³-hybridized carbons (Fsp3) is 0.267. The Balaban J connectivity index is 2.64. The van der Waals surface area contributed by atoms with E-state index < -0.39 is 0 Å². The molecule has 1 aromatic carbocycles. The first-order valence-corrected chi connectivity index (χ1v) is 6.02. The molecule has 2 heterocycles. The minimum Gasteiger partial charge on any atom is -0.461 e. The first-order chi connectivity index (χ1) is 8.49. The summed E-state index contributed by atoms with van der Waals surface area (Å²) in [7, 11) is 0. The standard InChI is InChI=1S/C15H15NO2/c1-7-5-13(17)16-14-9(3)15-12(6-11(7)14)8(2)10(4)18-15/h5-6H,1-4H3,(H,16,17). The Kier molecular flexibility index (Phi) is 2.14. The molecule has 1 N–H and O–H groups in total. The molecule has 0 amide bonds. The van der Waals surface area contributed by atoms with Gasteiger partial charge in [0, 0.05) is 22.4 Å². The van der Waals surface area contributed by atoms with Crippen molar-refractivity contribution in [3.05, 3.63) is 44.9 Å². The van der Waals surface area contributed by atoms with Crippen LogP contribution in [0.4, 0.5) is 0 Å². The van der Waals surface area contributed by atoms with Crippen LogP contribution in [0.5, 0.6) is 0 Å². The van der Waals surface area contributed by atoms with E-state index in [1.807, 2.05) is 20.8 Å². The monoisotopic (exact) mass is 241 g/mol. The number of hydrogen-bond donors (Lipinski definition) is 1. The number of nitrogens with one attached hydrogen (secondary N) is 1. The van der Waals surface area contributed by atoms with Crippen molar-refractivity contribution in [2.75, 3.05) is 0 Å². The van der Waals surface area contributed by atoms with Gasteiger partial charge in [0.25, 0.3) is 0 Å². The van der Waals surface area contributed by atoms with Gasteiger partial charge in [-0.1, -0.05) is 0 Å². The van der Waals surface area contributed by atoms with Gasteiger partial charge in [-0.3, -0.25) is 4.79 Å². The molecule has 3 nitrogen and oxygen atoms in total. The summed E-state index contributed by atoms with van der Waals surface area (Å²) in [5, 5.41) is 2.22. The van der Waals surface area contributed by atoms with E-state index in [1.54, 1.807) is 6.07 Å². The van der Waals surface area contributed by atoms with Crippen LogP contribution in [0.15, 0.2) is 21.3 Å². The van der Waals surface area contributed by atoms with Gasteiger partial charge in [0.2, 0.25) is 5.56 Å². The number of pyridine rings is 1. The number of hydrogen-bond acceptors (Lipinski definition) is 2. The lowest BCUT2D eigenvalue weighted by atomic mass is 10.0. The topological polar surface area (TPSA) is 46.0 Å². The number of furan rings is 1. The van der Waals surface area contributed by atoms with Crippen molar-refractivity contribution >= 4 is 21.9 Å². The van der Waals surface area contributed by atoms with E-state index in [-0.39, 0.29) is 5.56 Å². The lowest BCUT2D eigenvalue weighted by Gasteiger charge is -2.05. The van der Waals surface area contributed by atoms with Crippen molar-refractivity contribution in [3.8, 4) is 0 Å². The van der Waals surface area contributed by atoms with E-state index >= 15 is 0 Å². The average molecular weight is 241 g/mol. The third kappa shape index (κ3) is 1.33. The third-order valence-electron chi connectivity index (χ3n) is 3.73. The van der Waals surface area contributed by atoms with E-state index in [1.165, 1.54) is 5.56 Å². The molecule has 0 aliphatic rings. The first kappa shape index (κ1) is 11.1. The Hall–Kier alpha value is -2.03. The molecule has 0 saturated carbocycles. The molecule has 92 valence electrons. The minimum absolute atomic E-state index is 0.0672. The fourth-order valence-electron chi connectivity index (χ4n) is 2.53. The molecule has 0 radical (unpaired) electrons. The highest BCUT2D eigenvalue weighted by Crippen LogP contribution is 2.32. The van der Waals surface area contributed by atoms with Crippen molar-refractivity contribution in [2.45, 2.75) is 27.7 Å². The molecule has 18 heavy (non-hydrogen) atoms. The maximum Gasteiger partial charge on any atom is 0.248 e. The number of rotatable bonds is 0. The average Bonchev–Trinajstić information content (AvgIpc) is 2.59. The largest absolute Gasteiger partial charge is 0.461 e. The molecule has 0 atom stereocenters. The van der Waals surface area contributed by atoms with E-state index in [4.69, 9.17) is 4.42 Å². The van der Waals surface area contributed by atoms with Gasteiger partial charge >= 0.3 is 0 Å². The molecule has 0 aliphatic heterocycles. The van der Waals surface area contributed by atoms with Crippen LogP contribution in [0.1, 0.15) is 22.5 Å². The summed E-state index contributed by atoms with van der Waals surface area (Å²) >= 11 is 0. The highest BCUT2D eigenvalue weighted by molar-refractivity contribution is 6.00. The van der Waals surface area contributed by atoms with E-state index in [2.05, 4.69) is 18.0 Å². The summed E-state index contributed by atoms with van der Waals surface area (Å²) in [6, 6.07) is 3.74.